The van der Waals surface area contributed by atoms with Gasteiger partial charge in [-0.1, -0.05) is 0 Å². The summed E-state index contributed by atoms with van der Waals surface area (Å²) < 4.78 is -0.554. The fourth-order valence-corrected chi connectivity index (χ4v) is 3.69. The molecule has 0 aliphatic carbocycles. The molecule has 16 heteroatoms. The molecule has 0 aliphatic heterocycles. The van der Waals surface area contributed by atoms with E-state index in [1.165, 1.54) is 0 Å². The summed E-state index contributed by atoms with van der Waals surface area (Å²) in [5.41, 5.74) is 0. The summed E-state index contributed by atoms with van der Waals surface area (Å²) in [5.74, 6) is -1.97. The molecule has 0 unspecified atom stereocenters. The maximum atomic E-state index is 11.4. The molecule has 2 aromatic rings. The first-order valence-electron chi connectivity index (χ1n) is 5.56. The molecule has 2 heterocycles. The van der Waals surface area contributed by atoms with Crippen molar-refractivity contribution in [2.75, 3.05) is 0 Å². The highest BCUT2D eigenvalue weighted by Crippen LogP contribution is 2.41. The Morgan fingerprint density at radius 3 is 1.38 bits per heavy atom. The standard InChI is InChI=1S/C8H4N6O8S2/c15-9-1-5(7(13(19)20)11(17)3-9)23-24-6-2-10(16)4-12(18)8(6)14(21)22/h1-4H. The second kappa shape index (κ2) is 6.54. The molecule has 0 fully saturated rings. The van der Waals surface area contributed by atoms with E-state index in [2.05, 4.69) is 0 Å². The van der Waals surface area contributed by atoms with Crippen molar-refractivity contribution in [1.82, 2.24) is 0 Å². The number of nitrogens with zero attached hydrogens (tertiary/aromatic N) is 6. The van der Waals surface area contributed by atoms with Gasteiger partial charge >= 0.3 is 24.3 Å². The van der Waals surface area contributed by atoms with Crippen LogP contribution in [0.25, 0.3) is 0 Å². The molecule has 126 valence electrons. The normalized spacial score (nSPS) is 10.5. The van der Waals surface area contributed by atoms with Crippen LogP contribution in [0.4, 0.5) is 11.6 Å². The van der Waals surface area contributed by atoms with Crippen molar-refractivity contribution in [3.05, 3.63) is 66.1 Å². The van der Waals surface area contributed by atoms with Crippen molar-refractivity contribution >= 4 is 33.2 Å². The predicted octanol–water partition coefficient (Wildman–Crippen LogP) is -1.16. The molecule has 0 saturated carbocycles. The minimum absolute atomic E-state index is 0.00382. The van der Waals surface area contributed by atoms with Gasteiger partial charge in [0.15, 0.2) is 0 Å². The van der Waals surface area contributed by atoms with E-state index in [1.807, 2.05) is 0 Å². The van der Waals surface area contributed by atoms with Gasteiger partial charge in [-0.25, -0.2) is 0 Å². The molecule has 0 amide bonds. The smallest absolute Gasteiger partial charge is 0.538 e. The zero-order chi connectivity index (χ0) is 18.0. The molecule has 0 radical (unpaired) electrons. The minimum Gasteiger partial charge on any atom is -0.614 e. The highest BCUT2D eigenvalue weighted by molar-refractivity contribution is 8.76. The van der Waals surface area contributed by atoms with Crippen molar-refractivity contribution in [2.45, 2.75) is 9.79 Å². The quantitative estimate of drug-likeness (QED) is 0.202. The summed E-state index contributed by atoms with van der Waals surface area (Å²) in [6.45, 7) is 0. The predicted molar refractivity (Wildman–Crippen MR) is 73.7 cm³/mol. The molecular weight excluding hydrogens is 372 g/mol. The Hall–Kier alpha value is -3.14. The van der Waals surface area contributed by atoms with E-state index in [4.69, 9.17) is 0 Å². The maximum absolute atomic E-state index is 11.4. The summed E-state index contributed by atoms with van der Waals surface area (Å²) in [4.78, 5) is 18.8. The molecule has 2 rings (SSSR count). The van der Waals surface area contributed by atoms with Crippen LogP contribution in [0.5, 0.6) is 0 Å². The lowest BCUT2D eigenvalue weighted by molar-refractivity contribution is -0.769. The Labute approximate surface area is 138 Å². The SMILES string of the molecule is O=[N+]([O-])c1c(SSc2c[n+]([O-])c[n+]([O-])c2[N+](=O)[O-])c[n+]([O-])c[n+]1[O-]. The van der Waals surface area contributed by atoms with Gasteiger partial charge in [-0.15, -0.1) is 9.46 Å². The van der Waals surface area contributed by atoms with E-state index >= 15 is 0 Å². The van der Waals surface area contributed by atoms with Gasteiger partial charge in [-0.05, 0) is 31.0 Å². The first-order chi connectivity index (χ1) is 11.2. The van der Waals surface area contributed by atoms with Gasteiger partial charge in [-0.3, -0.25) is 20.2 Å². The van der Waals surface area contributed by atoms with Gasteiger partial charge in [0, 0.05) is 0 Å². The Balaban J connectivity index is 2.43. The molecule has 0 aliphatic rings. The second-order valence-corrected chi connectivity index (χ2v) is 6.13. The molecule has 0 spiro atoms. The third-order valence-electron chi connectivity index (χ3n) is 2.35. The summed E-state index contributed by atoms with van der Waals surface area (Å²) in [5, 5.41) is 67.0. The molecule has 24 heavy (non-hydrogen) atoms. The van der Waals surface area contributed by atoms with Crippen molar-refractivity contribution in [1.29, 1.82) is 0 Å². The van der Waals surface area contributed by atoms with Crippen molar-refractivity contribution in [3.8, 4) is 0 Å². The van der Waals surface area contributed by atoms with Crippen LogP contribution in [-0.2, 0) is 0 Å². The number of hydrogen-bond donors (Lipinski definition) is 0. The average Bonchev–Trinajstić information content (AvgIpc) is 2.42. The first kappa shape index (κ1) is 17.2. The Morgan fingerprint density at radius 1 is 0.750 bits per heavy atom. The second-order valence-electron chi connectivity index (χ2n) is 3.92. The van der Waals surface area contributed by atoms with Crippen LogP contribution in [0.1, 0.15) is 0 Å². The largest absolute Gasteiger partial charge is 0.614 e. The van der Waals surface area contributed by atoms with E-state index in [9.17, 15) is 41.1 Å². The Morgan fingerprint density at radius 2 is 1.08 bits per heavy atom. The monoisotopic (exact) mass is 376 g/mol. The summed E-state index contributed by atoms with van der Waals surface area (Å²) in [7, 11) is 0.860. The van der Waals surface area contributed by atoms with Gasteiger partial charge in [0.05, 0.1) is 0 Å². The van der Waals surface area contributed by atoms with Gasteiger partial charge < -0.3 is 20.8 Å². The Bertz CT molecular complexity index is 778. The van der Waals surface area contributed by atoms with Crippen LogP contribution in [-0.4, -0.2) is 9.85 Å². The third-order valence-corrected chi connectivity index (χ3v) is 4.70. The van der Waals surface area contributed by atoms with Gasteiger partial charge in [0.25, 0.3) is 0 Å². The van der Waals surface area contributed by atoms with Crippen molar-refractivity contribution in [3.63, 3.8) is 0 Å². The Kier molecular flexibility index (Phi) is 4.69. The van der Waals surface area contributed by atoms with E-state index < -0.39 is 31.3 Å². The molecule has 0 N–H and O–H groups in total. The molecule has 2 aromatic heterocycles. The number of aromatic nitrogens is 4. The van der Waals surface area contributed by atoms with E-state index in [1.54, 1.807) is 0 Å². The van der Waals surface area contributed by atoms with Crippen LogP contribution >= 0.6 is 21.6 Å². The molecule has 0 aromatic carbocycles. The lowest BCUT2D eigenvalue weighted by atomic mass is 10.6. The van der Waals surface area contributed by atoms with Crippen molar-refractivity contribution in [2.24, 2.45) is 0 Å². The van der Waals surface area contributed by atoms with Gasteiger partial charge in [-0.2, -0.15) is 0 Å². The number of rotatable bonds is 5. The highest BCUT2D eigenvalue weighted by atomic mass is 33.1. The van der Waals surface area contributed by atoms with Crippen LogP contribution in [0.2, 0.25) is 0 Å². The van der Waals surface area contributed by atoms with Crippen molar-refractivity contribution < 1.29 is 28.8 Å². The van der Waals surface area contributed by atoms with Crippen LogP contribution in [0, 0.1) is 41.1 Å². The maximum Gasteiger partial charge on any atom is 0.538 e. The van der Waals surface area contributed by atoms with E-state index in [-0.39, 0.29) is 18.9 Å². The lowest BCUT2D eigenvalue weighted by Crippen LogP contribution is -2.42. The van der Waals surface area contributed by atoms with Gasteiger partial charge in [0.1, 0.15) is 9.85 Å². The summed E-state index contributed by atoms with van der Waals surface area (Å²) >= 11 is 0. The number of hydrogen-bond acceptors (Lipinski definition) is 10. The molecule has 0 bridgehead atoms. The van der Waals surface area contributed by atoms with E-state index in [0.29, 0.717) is 46.6 Å². The lowest BCUT2D eigenvalue weighted by Gasteiger charge is -2.03. The fraction of sp³-hybridized carbons (Fsp3) is 0. The van der Waals surface area contributed by atoms with Gasteiger partial charge in [0.2, 0.25) is 22.2 Å². The minimum atomic E-state index is -1.04. The van der Waals surface area contributed by atoms with E-state index in [0.717, 1.165) is 0 Å². The molecule has 14 nitrogen and oxygen atoms in total. The van der Waals surface area contributed by atoms with Crippen LogP contribution in [0.3, 0.4) is 0 Å². The van der Waals surface area contributed by atoms with Crippen LogP contribution < -0.4 is 18.9 Å². The average molecular weight is 376 g/mol. The number of nitro groups is 2. The summed E-state index contributed by atoms with van der Waals surface area (Å²) in [6, 6.07) is 0. The third kappa shape index (κ3) is 3.43. The summed E-state index contributed by atoms with van der Waals surface area (Å²) in [6.07, 6.45) is 2.15. The fourth-order valence-electron chi connectivity index (χ4n) is 1.49. The molecular formula is C8H4N6O8S2. The molecule has 0 atom stereocenters. The zero-order valence-electron chi connectivity index (χ0n) is 11.1. The zero-order valence-corrected chi connectivity index (χ0v) is 12.7. The highest BCUT2D eigenvalue weighted by Gasteiger charge is 2.34. The van der Waals surface area contributed by atoms with Crippen LogP contribution in [0.15, 0.2) is 34.8 Å². The first-order valence-corrected chi connectivity index (χ1v) is 7.71. The topological polar surface area (TPSA) is 194 Å². The molecule has 0 saturated heterocycles.